The topological polar surface area (TPSA) is 173 Å². The lowest BCUT2D eigenvalue weighted by Crippen LogP contribution is -2.46. The number of pyridine rings is 1. The number of nitrogens with one attached hydrogen (secondary N) is 3. The zero-order chi connectivity index (χ0) is 32.1. The molecule has 0 aliphatic carbocycles. The van der Waals surface area contributed by atoms with Crippen molar-refractivity contribution in [3.63, 3.8) is 0 Å². The molecule has 0 radical (unpaired) electrons. The summed E-state index contributed by atoms with van der Waals surface area (Å²) >= 11 is 0. The SMILES string of the molecule is Cc1oc2nc1C(=O)N[C@@H](c1ccccc1)CN(C(=O)c1ccccn1)CC(=O)N[C@H](CC(C)C)c1nc(co1)C(=O)N[C@H]2C. The number of hydrogen-bond donors (Lipinski definition) is 3. The first-order chi connectivity index (χ1) is 21.6. The molecule has 4 aromatic rings. The highest BCUT2D eigenvalue weighted by molar-refractivity contribution is 5.96. The molecular formula is C32H35N7O6. The van der Waals surface area contributed by atoms with Crippen LogP contribution in [0.25, 0.3) is 0 Å². The number of nitrogens with zero attached hydrogens (tertiary/aromatic N) is 4. The van der Waals surface area contributed by atoms with Crippen LogP contribution in [0, 0.1) is 12.8 Å². The first kappa shape index (κ1) is 31.1. The molecule has 0 saturated heterocycles. The highest BCUT2D eigenvalue weighted by atomic mass is 16.4. The van der Waals surface area contributed by atoms with Crippen molar-refractivity contribution in [2.75, 3.05) is 13.1 Å². The molecule has 5 rings (SSSR count). The van der Waals surface area contributed by atoms with Gasteiger partial charge in [0, 0.05) is 12.7 Å². The van der Waals surface area contributed by atoms with Gasteiger partial charge in [0.15, 0.2) is 11.4 Å². The predicted molar refractivity (Wildman–Crippen MR) is 161 cm³/mol. The summed E-state index contributed by atoms with van der Waals surface area (Å²) in [6.07, 6.45) is 3.16. The molecule has 13 nitrogen and oxygen atoms in total. The third-order valence-electron chi connectivity index (χ3n) is 7.26. The van der Waals surface area contributed by atoms with Gasteiger partial charge in [0.1, 0.15) is 29.8 Å². The lowest BCUT2D eigenvalue weighted by molar-refractivity contribution is -0.122. The molecule has 0 unspecified atom stereocenters. The van der Waals surface area contributed by atoms with Crippen molar-refractivity contribution >= 4 is 23.6 Å². The fourth-order valence-electron chi connectivity index (χ4n) is 5.04. The molecule has 13 heteroatoms. The first-order valence-corrected chi connectivity index (χ1v) is 14.7. The number of benzene rings is 1. The Balaban J connectivity index is 1.57. The summed E-state index contributed by atoms with van der Waals surface area (Å²) in [5.41, 5.74) is 0.860. The Labute approximate surface area is 259 Å². The maximum Gasteiger partial charge on any atom is 0.274 e. The van der Waals surface area contributed by atoms with Gasteiger partial charge < -0.3 is 29.7 Å². The zero-order valence-corrected chi connectivity index (χ0v) is 25.4. The molecule has 4 bridgehead atoms. The Morgan fingerprint density at radius 3 is 2.44 bits per heavy atom. The Morgan fingerprint density at radius 1 is 0.978 bits per heavy atom. The Hall–Kier alpha value is -5.33. The van der Waals surface area contributed by atoms with E-state index in [0.717, 1.165) is 0 Å². The predicted octanol–water partition coefficient (Wildman–Crippen LogP) is 3.69. The average molecular weight is 614 g/mol. The van der Waals surface area contributed by atoms with Crippen LogP contribution in [0.4, 0.5) is 0 Å². The van der Waals surface area contributed by atoms with Gasteiger partial charge >= 0.3 is 0 Å². The van der Waals surface area contributed by atoms with Crippen molar-refractivity contribution < 1.29 is 28.0 Å². The molecule has 234 valence electrons. The molecule has 0 saturated carbocycles. The maximum atomic E-state index is 13.8. The molecule has 0 spiro atoms. The molecule has 3 aromatic heterocycles. The fourth-order valence-corrected chi connectivity index (χ4v) is 5.04. The summed E-state index contributed by atoms with van der Waals surface area (Å²) in [5.74, 6) is -1.43. The van der Waals surface area contributed by atoms with Crippen molar-refractivity contribution in [1.29, 1.82) is 0 Å². The second-order valence-electron chi connectivity index (χ2n) is 11.3. The van der Waals surface area contributed by atoms with Gasteiger partial charge in [-0.15, -0.1) is 0 Å². The lowest BCUT2D eigenvalue weighted by atomic mass is 10.0. The van der Waals surface area contributed by atoms with E-state index >= 15 is 0 Å². The maximum absolute atomic E-state index is 13.8. The van der Waals surface area contributed by atoms with Crippen LogP contribution in [-0.4, -0.2) is 56.6 Å². The van der Waals surface area contributed by atoms with Gasteiger partial charge in [-0.1, -0.05) is 50.2 Å². The zero-order valence-electron chi connectivity index (χ0n) is 25.4. The summed E-state index contributed by atoms with van der Waals surface area (Å²) in [6, 6.07) is 11.9. The number of oxazole rings is 2. The molecule has 3 N–H and O–H groups in total. The molecule has 4 amide bonds. The first-order valence-electron chi connectivity index (χ1n) is 14.7. The van der Waals surface area contributed by atoms with Gasteiger partial charge in [-0.05, 0) is 43.9 Å². The Bertz CT molecular complexity index is 1670. The fraction of sp³-hybridized carbons (Fsp3) is 0.344. The second kappa shape index (κ2) is 13.5. The van der Waals surface area contributed by atoms with Gasteiger partial charge in [0.05, 0.1) is 12.6 Å². The van der Waals surface area contributed by atoms with Crippen LogP contribution in [0.2, 0.25) is 0 Å². The molecule has 0 fully saturated rings. The quantitative estimate of drug-likeness (QED) is 0.310. The average Bonchev–Trinajstić information content (AvgIpc) is 3.67. The minimum atomic E-state index is -0.740. The number of rotatable bonds is 4. The molecular weight excluding hydrogens is 578 g/mol. The van der Waals surface area contributed by atoms with Crippen LogP contribution in [-0.2, 0) is 4.79 Å². The van der Waals surface area contributed by atoms with Gasteiger partial charge in [-0.25, -0.2) is 9.97 Å². The molecule has 1 aromatic carbocycles. The van der Waals surface area contributed by atoms with Crippen LogP contribution >= 0.6 is 0 Å². The van der Waals surface area contributed by atoms with Gasteiger partial charge in [-0.2, -0.15) is 0 Å². The third kappa shape index (κ3) is 7.43. The van der Waals surface area contributed by atoms with Crippen molar-refractivity contribution in [3.8, 4) is 0 Å². The van der Waals surface area contributed by atoms with Gasteiger partial charge in [0.2, 0.25) is 17.7 Å². The second-order valence-corrected chi connectivity index (χ2v) is 11.3. The highest BCUT2D eigenvalue weighted by Crippen LogP contribution is 2.24. The number of aromatic nitrogens is 3. The number of hydrogen-bond acceptors (Lipinski definition) is 9. The normalized spacial score (nSPS) is 19.7. The minimum absolute atomic E-state index is 0.000115. The lowest BCUT2D eigenvalue weighted by Gasteiger charge is -2.29. The number of carbonyl (C=O) groups excluding carboxylic acids is 4. The van der Waals surface area contributed by atoms with Crippen LogP contribution < -0.4 is 16.0 Å². The molecule has 1 aliphatic rings. The van der Waals surface area contributed by atoms with Crippen LogP contribution in [0.5, 0.6) is 0 Å². The third-order valence-corrected chi connectivity index (χ3v) is 7.26. The van der Waals surface area contributed by atoms with Crippen molar-refractivity contribution in [3.05, 3.63) is 101 Å². The van der Waals surface area contributed by atoms with E-state index in [2.05, 4.69) is 30.9 Å². The summed E-state index contributed by atoms with van der Waals surface area (Å²) in [6.45, 7) is 6.80. The molecule has 45 heavy (non-hydrogen) atoms. The van der Waals surface area contributed by atoms with Crippen LogP contribution in [0.1, 0.15) is 99.9 Å². The van der Waals surface area contributed by atoms with Gasteiger partial charge in [-0.3, -0.25) is 24.2 Å². The number of amides is 4. The van der Waals surface area contributed by atoms with Crippen molar-refractivity contribution in [2.24, 2.45) is 5.92 Å². The van der Waals surface area contributed by atoms with E-state index in [9.17, 15) is 19.2 Å². The minimum Gasteiger partial charge on any atom is -0.446 e. The standard InChI is InChI=1S/C32H35N7O6/c1-18(2)14-23-31-37-25(17-44-31)28(41)34-19(3)30-38-27(20(4)45-30)29(42)36-24(21-10-6-5-7-11-21)15-39(16-26(40)35-23)32(43)22-12-8-9-13-33-22/h5-13,17-19,23-24H,14-16H2,1-4H3,(H,34,41)(H,35,40)(H,36,42)/t19-,23+,24+/m0/s1. The van der Waals surface area contributed by atoms with Crippen LogP contribution in [0.3, 0.4) is 0 Å². The monoisotopic (exact) mass is 613 g/mol. The summed E-state index contributed by atoms with van der Waals surface area (Å²) < 4.78 is 11.4. The van der Waals surface area contributed by atoms with E-state index in [1.807, 2.05) is 44.2 Å². The van der Waals surface area contributed by atoms with E-state index in [4.69, 9.17) is 8.83 Å². The number of fused-ring (bicyclic) bond motifs is 4. The highest BCUT2D eigenvalue weighted by Gasteiger charge is 2.31. The molecule has 4 heterocycles. The molecule has 3 atom stereocenters. The summed E-state index contributed by atoms with van der Waals surface area (Å²) in [5, 5.41) is 8.65. The molecule has 1 aliphatic heterocycles. The van der Waals surface area contributed by atoms with E-state index in [1.54, 1.807) is 32.0 Å². The van der Waals surface area contributed by atoms with E-state index in [-0.39, 0.29) is 53.6 Å². The number of aryl methyl sites for hydroxylation is 1. The van der Waals surface area contributed by atoms with Crippen molar-refractivity contribution in [1.82, 2.24) is 35.8 Å². The van der Waals surface area contributed by atoms with E-state index in [1.165, 1.54) is 17.4 Å². The van der Waals surface area contributed by atoms with Crippen molar-refractivity contribution in [2.45, 2.75) is 52.2 Å². The summed E-state index contributed by atoms with van der Waals surface area (Å²) in [4.78, 5) is 68.3. The Morgan fingerprint density at radius 2 is 1.73 bits per heavy atom. The van der Waals surface area contributed by atoms with Crippen LogP contribution in [0.15, 0.2) is 69.8 Å². The number of carbonyl (C=O) groups is 4. The smallest absolute Gasteiger partial charge is 0.274 e. The van der Waals surface area contributed by atoms with E-state index in [0.29, 0.717) is 12.0 Å². The van der Waals surface area contributed by atoms with Gasteiger partial charge in [0.25, 0.3) is 17.7 Å². The van der Waals surface area contributed by atoms with E-state index < -0.39 is 41.8 Å². The largest absolute Gasteiger partial charge is 0.446 e. The Kier molecular flexibility index (Phi) is 9.36. The summed E-state index contributed by atoms with van der Waals surface area (Å²) in [7, 11) is 0.